The third-order valence-corrected chi connectivity index (χ3v) is 5.78. The highest BCUT2D eigenvalue weighted by molar-refractivity contribution is 7.80. The molecule has 1 N–H and O–H groups in total. The normalized spacial score (nSPS) is 19.1. The van der Waals surface area contributed by atoms with Gasteiger partial charge in [-0.25, -0.2) is 4.98 Å². The van der Waals surface area contributed by atoms with Crippen LogP contribution < -0.4 is 5.32 Å². The van der Waals surface area contributed by atoms with E-state index < -0.39 is 0 Å². The molecule has 0 aromatic carbocycles. The van der Waals surface area contributed by atoms with Crippen LogP contribution in [-0.4, -0.2) is 31.1 Å². The molecule has 4 rings (SSSR count). The molecule has 0 bridgehead atoms. The van der Waals surface area contributed by atoms with Crippen molar-refractivity contribution in [3.63, 3.8) is 0 Å². The molecular formula is C23H27N5S. The van der Waals surface area contributed by atoms with Gasteiger partial charge in [0.05, 0.1) is 17.8 Å². The van der Waals surface area contributed by atoms with Crippen LogP contribution in [0, 0.1) is 19.8 Å². The first kappa shape index (κ1) is 19.6. The predicted octanol–water partition coefficient (Wildman–Crippen LogP) is 4.51. The smallest absolute Gasteiger partial charge is 0.170 e. The van der Waals surface area contributed by atoms with Crippen LogP contribution in [0.5, 0.6) is 0 Å². The maximum atomic E-state index is 5.76. The van der Waals surface area contributed by atoms with Crippen LogP contribution in [0.2, 0.25) is 0 Å². The van der Waals surface area contributed by atoms with Gasteiger partial charge in [-0.05, 0) is 67.9 Å². The van der Waals surface area contributed by atoms with Gasteiger partial charge in [-0.3, -0.25) is 4.98 Å². The lowest BCUT2D eigenvalue weighted by Gasteiger charge is -2.29. The van der Waals surface area contributed by atoms with Gasteiger partial charge in [0.2, 0.25) is 0 Å². The standard InChI is InChI=1S/C23H27N5S/c1-15(2)14-27-22(21(26-23(27)29)19-9-5-7-11-24-19)18-13-16(3)28(17(18)4)20-10-6-8-12-25-20/h5-13,15,21-22H,14H2,1-4H3,(H,26,29)/t21-,22+/m1/s1. The van der Waals surface area contributed by atoms with E-state index in [0.29, 0.717) is 5.92 Å². The fraction of sp³-hybridized carbons (Fsp3) is 0.348. The average Bonchev–Trinajstić information content (AvgIpc) is 3.18. The zero-order chi connectivity index (χ0) is 20.5. The van der Waals surface area contributed by atoms with E-state index in [9.17, 15) is 0 Å². The maximum absolute atomic E-state index is 5.76. The number of aromatic nitrogens is 3. The third kappa shape index (κ3) is 3.65. The molecule has 6 heteroatoms. The molecule has 0 spiro atoms. The van der Waals surface area contributed by atoms with Crippen LogP contribution in [0.4, 0.5) is 0 Å². The van der Waals surface area contributed by atoms with Gasteiger partial charge in [-0.1, -0.05) is 26.0 Å². The Kier molecular flexibility index (Phi) is 5.37. The van der Waals surface area contributed by atoms with Crippen molar-refractivity contribution in [1.29, 1.82) is 0 Å². The molecule has 0 amide bonds. The van der Waals surface area contributed by atoms with E-state index in [1.165, 1.54) is 17.0 Å². The zero-order valence-electron chi connectivity index (χ0n) is 17.3. The fourth-order valence-corrected chi connectivity index (χ4v) is 4.57. The Labute approximate surface area is 177 Å². The van der Waals surface area contributed by atoms with E-state index in [4.69, 9.17) is 12.2 Å². The van der Waals surface area contributed by atoms with Crippen molar-refractivity contribution in [2.24, 2.45) is 5.92 Å². The summed E-state index contributed by atoms with van der Waals surface area (Å²) >= 11 is 5.76. The predicted molar refractivity (Wildman–Crippen MR) is 120 cm³/mol. The van der Waals surface area contributed by atoms with Crippen molar-refractivity contribution in [3.05, 3.63) is 77.5 Å². The number of hydrogen-bond donors (Lipinski definition) is 1. The minimum absolute atomic E-state index is 0.0140. The molecule has 1 aliphatic rings. The quantitative estimate of drug-likeness (QED) is 0.633. The topological polar surface area (TPSA) is 46.0 Å². The number of thiocarbonyl (C=S) groups is 1. The summed E-state index contributed by atoms with van der Waals surface area (Å²) in [5, 5.41) is 4.33. The number of nitrogens with one attached hydrogen (secondary N) is 1. The van der Waals surface area contributed by atoms with Crippen LogP contribution in [-0.2, 0) is 0 Å². The Morgan fingerprint density at radius 3 is 2.41 bits per heavy atom. The average molecular weight is 406 g/mol. The molecule has 1 aliphatic heterocycles. The number of rotatable bonds is 5. The highest BCUT2D eigenvalue weighted by Gasteiger charge is 2.41. The summed E-state index contributed by atoms with van der Waals surface area (Å²) in [7, 11) is 0. The molecule has 1 saturated heterocycles. The Morgan fingerprint density at radius 1 is 1.07 bits per heavy atom. The SMILES string of the molecule is Cc1cc([C@H]2[C@@H](c3ccccn3)NC(=S)N2CC(C)C)c(C)n1-c1ccccn1. The monoisotopic (exact) mass is 405 g/mol. The van der Waals surface area contributed by atoms with Crippen LogP contribution >= 0.6 is 12.2 Å². The van der Waals surface area contributed by atoms with E-state index in [-0.39, 0.29) is 12.1 Å². The van der Waals surface area contributed by atoms with Crippen molar-refractivity contribution in [1.82, 2.24) is 24.8 Å². The Morgan fingerprint density at radius 2 is 1.79 bits per heavy atom. The van der Waals surface area contributed by atoms with E-state index in [0.717, 1.165) is 23.2 Å². The summed E-state index contributed by atoms with van der Waals surface area (Å²) in [6.45, 7) is 9.65. The Bertz CT molecular complexity index is 997. The van der Waals surface area contributed by atoms with E-state index in [1.54, 1.807) is 0 Å². The highest BCUT2D eigenvalue weighted by atomic mass is 32.1. The number of nitrogens with zero attached hydrogens (tertiary/aromatic N) is 4. The highest BCUT2D eigenvalue weighted by Crippen LogP contribution is 2.41. The molecule has 0 radical (unpaired) electrons. The van der Waals surface area contributed by atoms with Crippen molar-refractivity contribution in [2.75, 3.05) is 6.54 Å². The number of hydrogen-bond acceptors (Lipinski definition) is 3. The summed E-state index contributed by atoms with van der Waals surface area (Å²) in [4.78, 5) is 11.5. The first-order chi connectivity index (χ1) is 14.0. The Balaban J connectivity index is 1.83. The van der Waals surface area contributed by atoms with Crippen LogP contribution in [0.3, 0.4) is 0 Å². The molecule has 1 fully saturated rings. The molecular weight excluding hydrogens is 378 g/mol. The van der Waals surface area contributed by atoms with Crippen molar-refractivity contribution in [3.8, 4) is 5.82 Å². The van der Waals surface area contributed by atoms with E-state index in [2.05, 4.69) is 64.6 Å². The van der Waals surface area contributed by atoms with E-state index in [1.807, 2.05) is 42.7 Å². The molecule has 2 atom stereocenters. The number of aryl methyl sites for hydroxylation is 1. The summed E-state index contributed by atoms with van der Waals surface area (Å²) in [5.74, 6) is 1.44. The zero-order valence-corrected chi connectivity index (χ0v) is 18.1. The Hall–Kier alpha value is -2.73. The second-order valence-corrected chi connectivity index (χ2v) is 8.41. The molecule has 0 aliphatic carbocycles. The molecule has 150 valence electrons. The van der Waals surface area contributed by atoms with Gasteiger partial charge in [0, 0.05) is 30.3 Å². The van der Waals surface area contributed by atoms with Gasteiger partial charge in [0.1, 0.15) is 5.82 Å². The van der Waals surface area contributed by atoms with Crippen molar-refractivity contribution < 1.29 is 0 Å². The van der Waals surface area contributed by atoms with Crippen LogP contribution in [0.15, 0.2) is 54.9 Å². The minimum Gasteiger partial charge on any atom is -0.352 e. The molecule has 3 aromatic heterocycles. The lowest BCUT2D eigenvalue weighted by molar-refractivity contribution is 0.287. The van der Waals surface area contributed by atoms with Crippen molar-refractivity contribution >= 4 is 17.3 Å². The molecule has 3 aromatic rings. The van der Waals surface area contributed by atoms with Crippen LogP contribution in [0.25, 0.3) is 5.82 Å². The summed E-state index contributed by atoms with van der Waals surface area (Å²) in [5.41, 5.74) is 4.62. The number of pyridine rings is 2. The second-order valence-electron chi connectivity index (χ2n) is 8.02. The molecule has 4 heterocycles. The third-order valence-electron chi connectivity index (χ3n) is 5.43. The first-order valence-corrected chi connectivity index (χ1v) is 10.5. The molecule has 29 heavy (non-hydrogen) atoms. The lowest BCUT2D eigenvalue weighted by atomic mass is 9.96. The lowest BCUT2D eigenvalue weighted by Crippen LogP contribution is -2.33. The van der Waals surface area contributed by atoms with Crippen molar-refractivity contribution in [2.45, 2.75) is 39.8 Å². The van der Waals surface area contributed by atoms with Crippen LogP contribution in [0.1, 0.15) is 48.6 Å². The summed E-state index contributed by atoms with van der Waals surface area (Å²) in [6, 6.07) is 14.4. The summed E-state index contributed by atoms with van der Waals surface area (Å²) in [6.07, 6.45) is 3.68. The van der Waals surface area contributed by atoms with Gasteiger partial charge in [0.25, 0.3) is 0 Å². The van der Waals surface area contributed by atoms with Gasteiger partial charge >= 0.3 is 0 Å². The first-order valence-electron chi connectivity index (χ1n) is 10.1. The maximum Gasteiger partial charge on any atom is 0.170 e. The second kappa shape index (κ2) is 7.95. The van der Waals surface area contributed by atoms with Gasteiger partial charge in [0.15, 0.2) is 5.11 Å². The fourth-order valence-electron chi connectivity index (χ4n) is 4.26. The van der Waals surface area contributed by atoms with E-state index >= 15 is 0 Å². The molecule has 0 unspecified atom stereocenters. The summed E-state index contributed by atoms with van der Waals surface area (Å²) < 4.78 is 2.22. The van der Waals surface area contributed by atoms with Gasteiger partial charge < -0.3 is 14.8 Å². The largest absolute Gasteiger partial charge is 0.352 e. The molecule has 5 nitrogen and oxygen atoms in total. The molecule has 0 saturated carbocycles. The minimum atomic E-state index is 0.0140. The van der Waals surface area contributed by atoms with Gasteiger partial charge in [-0.2, -0.15) is 0 Å². The van der Waals surface area contributed by atoms with Gasteiger partial charge in [-0.15, -0.1) is 0 Å².